The first-order valence-electron chi connectivity index (χ1n) is 7.07. The lowest BCUT2D eigenvalue weighted by molar-refractivity contribution is 0.775. The quantitative estimate of drug-likeness (QED) is 0.549. The van der Waals surface area contributed by atoms with Crippen molar-refractivity contribution in [3.05, 3.63) is 39.5 Å². The number of hydrogen-bond donors (Lipinski definition) is 2. The summed E-state index contributed by atoms with van der Waals surface area (Å²) in [6, 6.07) is 3.51. The Bertz CT molecular complexity index is 904. The smallest absolute Gasteiger partial charge is 0.328 e. The van der Waals surface area contributed by atoms with Gasteiger partial charge < -0.3 is 10.7 Å². The van der Waals surface area contributed by atoms with Crippen LogP contribution in [0.3, 0.4) is 0 Å². The van der Waals surface area contributed by atoms with Gasteiger partial charge in [0.05, 0.1) is 6.54 Å². The van der Waals surface area contributed by atoms with Crippen LogP contribution in [-0.4, -0.2) is 37.3 Å². The Balaban J connectivity index is 2.12. The fourth-order valence-corrected chi connectivity index (χ4v) is 3.12. The maximum atomic E-state index is 12.3. The number of fused-ring (bicyclic) bond motifs is 1. The molecule has 3 aromatic heterocycles. The van der Waals surface area contributed by atoms with Crippen molar-refractivity contribution in [1.82, 2.24) is 24.5 Å². The van der Waals surface area contributed by atoms with Crippen molar-refractivity contribution in [1.29, 1.82) is 0 Å². The molecule has 0 fully saturated rings. The van der Waals surface area contributed by atoms with Crippen molar-refractivity contribution < 1.29 is 0 Å². The van der Waals surface area contributed by atoms with E-state index in [1.165, 1.54) is 0 Å². The molecular formula is C14H16ClN6OP. The number of aromatic nitrogens is 5. The average molecular weight is 351 g/mol. The van der Waals surface area contributed by atoms with Gasteiger partial charge in [-0.3, -0.25) is 4.57 Å². The van der Waals surface area contributed by atoms with E-state index in [1.54, 1.807) is 16.8 Å². The van der Waals surface area contributed by atoms with E-state index in [4.69, 9.17) is 17.3 Å². The zero-order valence-electron chi connectivity index (χ0n) is 12.7. The molecule has 0 saturated heterocycles. The van der Waals surface area contributed by atoms with Crippen LogP contribution in [0, 0.1) is 0 Å². The zero-order chi connectivity index (χ0) is 16.6. The van der Waals surface area contributed by atoms with Gasteiger partial charge in [-0.15, -0.1) is 0 Å². The topological polar surface area (TPSA) is 102 Å². The summed E-state index contributed by atoms with van der Waals surface area (Å²) < 4.78 is 1.54. The summed E-state index contributed by atoms with van der Waals surface area (Å²) in [6.45, 7) is 4.51. The highest BCUT2D eigenvalue weighted by atomic mass is 35.5. The zero-order valence-corrected chi connectivity index (χ0v) is 14.4. The van der Waals surface area contributed by atoms with E-state index >= 15 is 0 Å². The van der Waals surface area contributed by atoms with Crippen molar-refractivity contribution in [2.45, 2.75) is 13.5 Å². The number of nitrogens with two attached hydrogens (primary N) is 1. The van der Waals surface area contributed by atoms with E-state index in [2.05, 4.69) is 33.5 Å². The molecule has 0 aliphatic rings. The van der Waals surface area contributed by atoms with Crippen molar-refractivity contribution >= 4 is 42.1 Å². The second-order valence-corrected chi connectivity index (χ2v) is 7.94. The lowest BCUT2D eigenvalue weighted by Gasteiger charge is -2.09. The van der Waals surface area contributed by atoms with E-state index in [0.29, 0.717) is 34.2 Å². The summed E-state index contributed by atoms with van der Waals surface area (Å²) >= 11 is 5.79. The van der Waals surface area contributed by atoms with Crippen LogP contribution in [0.5, 0.6) is 0 Å². The third-order valence-electron chi connectivity index (χ3n) is 3.58. The SMILES string of the molecule is CC[P@@](C)c1nc(N)c2[nH]c(=O)n(Cc3ccc(Cl)nc3)c2n1. The van der Waals surface area contributed by atoms with E-state index in [9.17, 15) is 4.79 Å². The molecule has 0 spiro atoms. The number of imidazole rings is 1. The number of halogens is 1. The largest absolute Gasteiger partial charge is 0.382 e. The Hall–Kier alpha value is -1.98. The lowest BCUT2D eigenvalue weighted by atomic mass is 10.3. The number of nitrogens with one attached hydrogen (secondary N) is 1. The van der Waals surface area contributed by atoms with E-state index in [-0.39, 0.29) is 5.69 Å². The van der Waals surface area contributed by atoms with Crippen LogP contribution in [0.2, 0.25) is 5.15 Å². The van der Waals surface area contributed by atoms with E-state index < -0.39 is 7.92 Å². The maximum absolute atomic E-state index is 12.3. The summed E-state index contributed by atoms with van der Waals surface area (Å²) in [7, 11) is -0.491. The molecule has 3 N–H and O–H groups in total. The Morgan fingerprint density at radius 3 is 2.83 bits per heavy atom. The number of rotatable bonds is 4. The van der Waals surface area contributed by atoms with Crippen molar-refractivity contribution in [2.24, 2.45) is 0 Å². The Labute approximate surface area is 138 Å². The molecule has 0 saturated carbocycles. The molecule has 9 heteroatoms. The molecule has 0 aliphatic carbocycles. The van der Waals surface area contributed by atoms with E-state index in [0.717, 1.165) is 11.7 Å². The minimum Gasteiger partial charge on any atom is -0.382 e. The molecule has 0 aromatic carbocycles. The van der Waals surface area contributed by atoms with Gasteiger partial charge in [-0.25, -0.2) is 19.7 Å². The normalized spacial score (nSPS) is 12.7. The molecule has 3 heterocycles. The summed E-state index contributed by atoms with van der Waals surface area (Å²) in [5.74, 6) is 0.304. The van der Waals surface area contributed by atoms with Crippen LogP contribution in [-0.2, 0) is 6.54 Å². The molecular weight excluding hydrogens is 335 g/mol. The minimum absolute atomic E-state index is 0.273. The van der Waals surface area contributed by atoms with Crippen LogP contribution < -0.4 is 17.0 Å². The highest BCUT2D eigenvalue weighted by molar-refractivity contribution is 7.64. The summed E-state index contributed by atoms with van der Waals surface area (Å²) in [6.07, 6.45) is 2.59. The maximum Gasteiger partial charge on any atom is 0.328 e. The van der Waals surface area contributed by atoms with E-state index in [1.807, 2.05) is 6.07 Å². The number of anilines is 1. The number of hydrogen-bond acceptors (Lipinski definition) is 5. The van der Waals surface area contributed by atoms with Crippen LogP contribution in [0.4, 0.5) is 5.82 Å². The van der Waals surface area contributed by atoms with Gasteiger partial charge in [0.25, 0.3) is 0 Å². The first-order valence-corrected chi connectivity index (χ1v) is 9.42. The Morgan fingerprint density at radius 2 is 2.17 bits per heavy atom. The summed E-state index contributed by atoms with van der Waals surface area (Å²) in [5, 5.41) is 0.411. The highest BCUT2D eigenvalue weighted by Crippen LogP contribution is 2.27. The lowest BCUT2D eigenvalue weighted by Crippen LogP contribution is -2.20. The fraction of sp³-hybridized carbons (Fsp3) is 0.286. The van der Waals surface area contributed by atoms with Crippen LogP contribution in [0.1, 0.15) is 12.5 Å². The average Bonchev–Trinajstić information content (AvgIpc) is 2.85. The standard InChI is InChI=1S/C14H16ClN6OP/c1-3-23(2)13-19-11(16)10-12(20-13)21(14(22)18-10)7-8-4-5-9(15)17-6-8/h4-6H,3,7H2,1-2H3,(H,18,22)(H2,16,19,20)/t23-/m1/s1. The molecule has 120 valence electrons. The van der Waals surface area contributed by atoms with Gasteiger partial charge >= 0.3 is 5.69 Å². The predicted octanol–water partition coefficient (Wildman–Crippen LogP) is 1.56. The minimum atomic E-state index is -0.491. The Kier molecular flexibility index (Phi) is 4.33. The van der Waals surface area contributed by atoms with Gasteiger partial charge in [0, 0.05) is 6.20 Å². The molecule has 3 aromatic rings. The number of H-pyrrole nitrogens is 1. The van der Waals surface area contributed by atoms with Gasteiger partial charge in [0.1, 0.15) is 10.7 Å². The van der Waals surface area contributed by atoms with Crippen molar-refractivity contribution in [3.8, 4) is 0 Å². The van der Waals surface area contributed by atoms with Crippen LogP contribution in [0.25, 0.3) is 11.2 Å². The monoisotopic (exact) mass is 350 g/mol. The third-order valence-corrected chi connectivity index (χ3v) is 5.64. The molecule has 1 atom stereocenters. The molecule has 3 rings (SSSR count). The fourth-order valence-electron chi connectivity index (χ4n) is 2.18. The first-order chi connectivity index (χ1) is 11.0. The predicted molar refractivity (Wildman–Crippen MR) is 93.9 cm³/mol. The van der Waals surface area contributed by atoms with Gasteiger partial charge in [0.2, 0.25) is 0 Å². The highest BCUT2D eigenvalue weighted by Gasteiger charge is 2.16. The molecule has 23 heavy (non-hydrogen) atoms. The number of nitrogens with zero attached hydrogens (tertiary/aromatic N) is 4. The van der Waals surface area contributed by atoms with Gasteiger partial charge in [-0.05, 0) is 32.4 Å². The number of aromatic amines is 1. The van der Waals surface area contributed by atoms with Gasteiger partial charge in [-0.1, -0.05) is 24.6 Å². The number of pyridine rings is 1. The van der Waals surface area contributed by atoms with Crippen LogP contribution >= 0.6 is 19.5 Å². The second kappa shape index (κ2) is 6.26. The molecule has 0 aliphatic heterocycles. The van der Waals surface area contributed by atoms with Crippen molar-refractivity contribution in [2.75, 3.05) is 18.6 Å². The van der Waals surface area contributed by atoms with Crippen LogP contribution in [0.15, 0.2) is 23.1 Å². The Morgan fingerprint density at radius 1 is 1.39 bits per heavy atom. The molecule has 0 amide bonds. The van der Waals surface area contributed by atoms with Crippen molar-refractivity contribution in [3.63, 3.8) is 0 Å². The molecule has 0 bridgehead atoms. The second-order valence-electron chi connectivity index (χ2n) is 5.13. The van der Waals surface area contributed by atoms with Gasteiger partial charge in [0.15, 0.2) is 17.0 Å². The molecule has 7 nitrogen and oxygen atoms in total. The molecule has 0 unspecified atom stereocenters. The third kappa shape index (κ3) is 3.07. The molecule has 0 radical (unpaired) electrons. The first kappa shape index (κ1) is 15.9. The number of nitrogen functional groups attached to an aromatic ring is 1. The van der Waals surface area contributed by atoms with Gasteiger partial charge in [-0.2, -0.15) is 0 Å². The summed E-state index contributed by atoms with van der Waals surface area (Å²) in [4.78, 5) is 27.9. The summed E-state index contributed by atoms with van der Waals surface area (Å²) in [5.41, 5.74) is 8.27.